The van der Waals surface area contributed by atoms with E-state index >= 15 is 0 Å². The van der Waals surface area contributed by atoms with Gasteiger partial charge in [-0.15, -0.1) is 0 Å². The van der Waals surface area contributed by atoms with Gasteiger partial charge in [-0.2, -0.15) is 11.8 Å². The summed E-state index contributed by atoms with van der Waals surface area (Å²) < 4.78 is 24.1. The zero-order valence-corrected chi connectivity index (χ0v) is 14.7. The van der Waals surface area contributed by atoms with Crippen LogP contribution in [0.1, 0.15) is 10.4 Å². The summed E-state index contributed by atoms with van der Waals surface area (Å²) in [5.74, 6) is -0.427. The van der Waals surface area contributed by atoms with Crippen LogP contribution in [0.5, 0.6) is 0 Å². The predicted octanol–water partition coefficient (Wildman–Crippen LogP) is 2.47. The fraction of sp³-hybridized carbons (Fsp3) is 0.188. The lowest BCUT2D eigenvalue weighted by atomic mass is 10.0. The molecular weight excluding hydrogens is 348 g/mol. The van der Waals surface area contributed by atoms with Gasteiger partial charge in [-0.05, 0) is 24.0 Å². The van der Waals surface area contributed by atoms with Gasteiger partial charge in [0.2, 0.25) is 10.0 Å². The lowest BCUT2D eigenvalue weighted by Crippen LogP contribution is -2.16. The Labute approximate surface area is 145 Å². The number of anilines is 1. The number of nitrogens with one attached hydrogen (secondary N) is 1. The van der Waals surface area contributed by atoms with E-state index in [1.807, 2.05) is 12.3 Å². The highest BCUT2D eigenvalue weighted by Gasteiger charge is 2.22. The van der Waals surface area contributed by atoms with Crippen LogP contribution in [0, 0.1) is 0 Å². The molecule has 128 valence electrons. The van der Waals surface area contributed by atoms with Crippen molar-refractivity contribution in [2.75, 3.05) is 23.9 Å². The quantitative estimate of drug-likeness (QED) is 0.650. The Bertz CT molecular complexity index is 837. The van der Waals surface area contributed by atoms with Gasteiger partial charge in [0, 0.05) is 23.5 Å². The molecule has 0 aliphatic rings. The molecule has 0 aromatic heterocycles. The monoisotopic (exact) mass is 366 g/mol. The van der Waals surface area contributed by atoms with Crippen LogP contribution in [-0.2, 0) is 10.0 Å². The van der Waals surface area contributed by atoms with Crippen molar-refractivity contribution in [2.24, 2.45) is 5.14 Å². The van der Waals surface area contributed by atoms with Gasteiger partial charge < -0.3 is 10.4 Å². The summed E-state index contributed by atoms with van der Waals surface area (Å²) >= 11 is 1.62. The van der Waals surface area contributed by atoms with Crippen molar-refractivity contribution < 1.29 is 18.3 Å². The van der Waals surface area contributed by atoms with Crippen LogP contribution in [0.25, 0.3) is 11.1 Å². The average molecular weight is 366 g/mol. The van der Waals surface area contributed by atoms with Crippen molar-refractivity contribution in [1.29, 1.82) is 0 Å². The molecule has 0 aliphatic heterocycles. The Morgan fingerprint density at radius 1 is 1.25 bits per heavy atom. The molecule has 0 saturated heterocycles. The first kappa shape index (κ1) is 18.3. The number of hydrogen-bond acceptors (Lipinski definition) is 5. The first-order valence-electron chi connectivity index (χ1n) is 7.07. The third kappa shape index (κ3) is 4.28. The van der Waals surface area contributed by atoms with E-state index < -0.39 is 16.0 Å². The maximum absolute atomic E-state index is 12.0. The Kier molecular flexibility index (Phi) is 5.87. The van der Waals surface area contributed by atoms with Crippen LogP contribution >= 0.6 is 11.8 Å². The van der Waals surface area contributed by atoms with E-state index in [1.54, 1.807) is 36.0 Å². The zero-order valence-electron chi connectivity index (χ0n) is 13.0. The Balaban J connectivity index is 2.73. The number of benzene rings is 2. The van der Waals surface area contributed by atoms with Crippen molar-refractivity contribution in [2.45, 2.75) is 4.90 Å². The van der Waals surface area contributed by atoms with Gasteiger partial charge in [0.25, 0.3) is 0 Å². The number of aromatic carboxylic acids is 1. The molecule has 2 aromatic rings. The normalized spacial score (nSPS) is 11.2. The van der Waals surface area contributed by atoms with Crippen LogP contribution in [0.15, 0.2) is 47.4 Å². The fourth-order valence-electron chi connectivity index (χ4n) is 2.29. The summed E-state index contributed by atoms with van der Waals surface area (Å²) in [6.45, 7) is 0.564. The molecule has 0 amide bonds. The molecule has 0 spiro atoms. The SMILES string of the molecule is CSCCNc1cc(C(=O)O)cc(S(N)(=O)=O)c1-c1ccccc1. The lowest BCUT2D eigenvalue weighted by Gasteiger charge is -2.17. The van der Waals surface area contributed by atoms with Gasteiger partial charge in [-0.3, -0.25) is 0 Å². The molecule has 0 saturated carbocycles. The summed E-state index contributed by atoms with van der Waals surface area (Å²) in [5.41, 5.74) is 1.32. The predicted molar refractivity (Wildman–Crippen MR) is 97.1 cm³/mol. The Hall–Kier alpha value is -2.03. The van der Waals surface area contributed by atoms with Crippen molar-refractivity contribution in [3.8, 4) is 11.1 Å². The average Bonchev–Trinajstić information content (AvgIpc) is 2.54. The molecule has 4 N–H and O–H groups in total. The van der Waals surface area contributed by atoms with Crippen molar-refractivity contribution in [1.82, 2.24) is 0 Å². The molecule has 0 bridgehead atoms. The summed E-state index contributed by atoms with van der Waals surface area (Å²) in [7, 11) is -4.10. The number of carboxylic acids is 1. The number of hydrogen-bond donors (Lipinski definition) is 3. The fourth-order valence-corrected chi connectivity index (χ4v) is 3.40. The van der Waals surface area contributed by atoms with Gasteiger partial charge in [0.05, 0.1) is 10.5 Å². The summed E-state index contributed by atoms with van der Waals surface area (Å²) in [5, 5.41) is 17.7. The topological polar surface area (TPSA) is 109 Å². The minimum Gasteiger partial charge on any atom is -0.478 e. The Morgan fingerprint density at radius 2 is 1.92 bits per heavy atom. The van der Waals surface area contributed by atoms with Crippen molar-refractivity contribution >= 4 is 33.4 Å². The van der Waals surface area contributed by atoms with E-state index in [9.17, 15) is 18.3 Å². The number of primary sulfonamides is 1. The van der Waals surface area contributed by atoms with Gasteiger partial charge in [-0.1, -0.05) is 30.3 Å². The maximum atomic E-state index is 12.0. The zero-order chi connectivity index (χ0) is 17.7. The molecule has 0 fully saturated rings. The third-order valence-electron chi connectivity index (χ3n) is 3.34. The smallest absolute Gasteiger partial charge is 0.335 e. The van der Waals surface area contributed by atoms with E-state index in [0.29, 0.717) is 23.4 Å². The largest absolute Gasteiger partial charge is 0.478 e. The number of sulfonamides is 1. The standard InChI is InChI=1S/C16H18N2O4S2/c1-23-8-7-18-13-9-12(16(19)20)10-14(24(17,21)22)15(13)11-5-3-2-4-6-11/h2-6,9-10,18H,7-8H2,1H3,(H,19,20)(H2,17,21,22). The first-order chi connectivity index (χ1) is 11.3. The van der Waals surface area contributed by atoms with Gasteiger partial charge in [-0.25, -0.2) is 18.4 Å². The number of thioether (sulfide) groups is 1. The lowest BCUT2D eigenvalue weighted by molar-refractivity contribution is 0.0696. The highest BCUT2D eigenvalue weighted by Crippen LogP contribution is 2.35. The van der Waals surface area contributed by atoms with E-state index in [2.05, 4.69) is 5.32 Å². The van der Waals surface area contributed by atoms with E-state index in [0.717, 1.165) is 11.8 Å². The maximum Gasteiger partial charge on any atom is 0.335 e. The van der Waals surface area contributed by atoms with Crippen LogP contribution in [0.4, 0.5) is 5.69 Å². The molecule has 2 rings (SSSR count). The highest BCUT2D eigenvalue weighted by atomic mass is 32.2. The number of carbonyl (C=O) groups is 1. The van der Waals surface area contributed by atoms with Crippen LogP contribution in [0.2, 0.25) is 0 Å². The van der Waals surface area contributed by atoms with Crippen molar-refractivity contribution in [3.05, 3.63) is 48.0 Å². The number of nitrogens with two attached hydrogens (primary N) is 1. The van der Waals surface area contributed by atoms with Gasteiger partial charge in [0.1, 0.15) is 0 Å². The minimum absolute atomic E-state index is 0.134. The number of carboxylic acid groups (broad SMARTS) is 1. The second-order valence-electron chi connectivity index (χ2n) is 5.03. The summed E-state index contributed by atoms with van der Waals surface area (Å²) in [4.78, 5) is 11.1. The molecule has 0 atom stereocenters. The minimum atomic E-state index is -4.10. The molecule has 0 aliphatic carbocycles. The second-order valence-corrected chi connectivity index (χ2v) is 7.55. The van der Waals surface area contributed by atoms with Gasteiger partial charge >= 0.3 is 5.97 Å². The van der Waals surface area contributed by atoms with Gasteiger partial charge in [0.15, 0.2) is 0 Å². The molecule has 0 radical (unpaired) electrons. The van der Waals surface area contributed by atoms with Crippen LogP contribution < -0.4 is 10.5 Å². The third-order valence-corrected chi connectivity index (χ3v) is 4.89. The molecule has 2 aromatic carbocycles. The van der Waals surface area contributed by atoms with Crippen molar-refractivity contribution in [3.63, 3.8) is 0 Å². The van der Waals surface area contributed by atoms with E-state index in [4.69, 9.17) is 5.14 Å². The molecular formula is C16H18N2O4S2. The molecule has 0 heterocycles. The summed E-state index contributed by atoms with van der Waals surface area (Å²) in [6, 6.07) is 11.4. The Morgan fingerprint density at radius 3 is 2.46 bits per heavy atom. The van der Waals surface area contributed by atoms with E-state index in [-0.39, 0.29) is 10.5 Å². The molecule has 0 unspecified atom stereocenters. The highest BCUT2D eigenvalue weighted by molar-refractivity contribution is 7.98. The number of rotatable bonds is 7. The van der Waals surface area contributed by atoms with E-state index in [1.165, 1.54) is 6.07 Å². The molecule has 6 nitrogen and oxygen atoms in total. The molecule has 24 heavy (non-hydrogen) atoms. The first-order valence-corrected chi connectivity index (χ1v) is 10.0. The van der Waals surface area contributed by atoms with Crippen LogP contribution in [-0.4, -0.2) is 38.0 Å². The molecule has 8 heteroatoms. The summed E-state index contributed by atoms with van der Waals surface area (Å²) in [6.07, 6.45) is 1.95. The second kappa shape index (κ2) is 7.69. The van der Waals surface area contributed by atoms with Crippen LogP contribution in [0.3, 0.4) is 0 Å².